The quantitative estimate of drug-likeness (QED) is 0.0265. The van der Waals surface area contributed by atoms with Gasteiger partial charge in [-0.15, -0.1) is 0 Å². The Labute approximate surface area is 367 Å². The van der Waals surface area contributed by atoms with Crippen molar-refractivity contribution in [1.29, 1.82) is 0 Å². The van der Waals surface area contributed by atoms with Crippen LogP contribution in [0.15, 0.2) is 12.2 Å². The summed E-state index contributed by atoms with van der Waals surface area (Å²) in [6.07, 6.45) is 38.0. The molecule has 1 fully saturated rings. The fourth-order valence-corrected chi connectivity index (χ4v) is 7.89. The van der Waals surface area contributed by atoms with Gasteiger partial charge in [-0.3, -0.25) is 9.59 Å². The molecule has 0 spiro atoms. The summed E-state index contributed by atoms with van der Waals surface area (Å²) >= 11 is 0. The SMILES string of the molecule is CCCCCC/C=C/CCCCCCCC(=O)OC[C@H](CO[C@@H]1O[C@H](CO)[C@H](O)C(O)C1O)OC(=O)CCCCCCCCCCCCCCCCCCCCCCCC. The number of carbonyl (C=O) groups excluding carboxylic acids is 2. The van der Waals surface area contributed by atoms with Gasteiger partial charge in [0.05, 0.1) is 13.2 Å². The average Bonchev–Trinajstić information content (AvgIpc) is 3.25. The lowest BCUT2D eigenvalue weighted by Crippen LogP contribution is -2.59. The molecule has 10 nitrogen and oxygen atoms in total. The standard InChI is InChI=1S/C50H94O10/c1-3-5-7-9-11-13-15-17-18-19-20-21-22-23-24-25-27-29-31-33-35-37-39-46(53)59-43(42-58-50-49(56)48(55)47(54)44(40-51)60-50)41-57-45(52)38-36-34-32-30-28-26-16-14-12-10-8-6-4-2/h14,16,43-44,47-51,54-56H,3-13,15,17-42H2,1-2H3/b16-14+/t43-,44-,47+,48?,49?,50-/m1/s1. The minimum atomic E-state index is -1.59. The van der Waals surface area contributed by atoms with E-state index in [-0.39, 0.29) is 32.0 Å². The first-order chi connectivity index (χ1) is 29.3. The molecule has 60 heavy (non-hydrogen) atoms. The van der Waals surface area contributed by atoms with Gasteiger partial charge in [-0.05, 0) is 38.5 Å². The summed E-state index contributed by atoms with van der Waals surface area (Å²) < 4.78 is 22.2. The summed E-state index contributed by atoms with van der Waals surface area (Å²) in [5, 5.41) is 40.1. The largest absolute Gasteiger partial charge is 0.462 e. The van der Waals surface area contributed by atoms with Crippen LogP contribution in [0.3, 0.4) is 0 Å². The van der Waals surface area contributed by atoms with Gasteiger partial charge < -0.3 is 39.4 Å². The van der Waals surface area contributed by atoms with Gasteiger partial charge in [-0.1, -0.05) is 199 Å². The topological polar surface area (TPSA) is 152 Å². The number of aliphatic hydroxyl groups excluding tert-OH is 4. The molecule has 354 valence electrons. The highest BCUT2D eigenvalue weighted by Crippen LogP contribution is 2.23. The van der Waals surface area contributed by atoms with Crippen molar-refractivity contribution in [3.8, 4) is 0 Å². The van der Waals surface area contributed by atoms with Gasteiger partial charge in [-0.25, -0.2) is 0 Å². The summed E-state index contributed by atoms with van der Waals surface area (Å²) in [5.41, 5.74) is 0. The molecule has 1 saturated heterocycles. The minimum Gasteiger partial charge on any atom is -0.462 e. The van der Waals surface area contributed by atoms with E-state index >= 15 is 0 Å². The lowest BCUT2D eigenvalue weighted by Gasteiger charge is -2.39. The summed E-state index contributed by atoms with van der Waals surface area (Å²) in [7, 11) is 0. The Bertz CT molecular complexity index is 990. The van der Waals surface area contributed by atoms with Crippen LogP contribution in [0, 0.1) is 0 Å². The second-order valence-electron chi connectivity index (χ2n) is 17.6. The van der Waals surface area contributed by atoms with Crippen LogP contribution in [-0.2, 0) is 28.5 Å². The predicted molar refractivity (Wildman–Crippen MR) is 243 cm³/mol. The van der Waals surface area contributed by atoms with Crippen LogP contribution in [0.1, 0.15) is 239 Å². The monoisotopic (exact) mass is 855 g/mol. The average molecular weight is 855 g/mol. The highest BCUT2D eigenvalue weighted by Gasteiger charge is 2.44. The Morgan fingerprint density at radius 2 is 0.883 bits per heavy atom. The summed E-state index contributed by atoms with van der Waals surface area (Å²) in [6, 6.07) is 0. The van der Waals surface area contributed by atoms with Gasteiger partial charge in [0.2, 0.25) is 0 Å². The van der Waals surface area contributed by atoms with Crippen LogP contribution >= 0.6 is 0 Å². The molecule has 0 aromatic heterocycles. The lowest BCUT2D eigenvalue weighted by atomic mass is 9.99. The van der Waals surface area contributed by atoms with Crippen molar-refractivity contribution in [2.45, 2.75) is 275 Å². The Hall–Kier alpha value is -1.56. The molecule has 1 heterocycles. The fourth-order valence-electron chi connectivity index (χ4n) is 7.89. The maximum Gasteiger partial charge on any atom is 0.306 e. The smallest absolute Gasteiger partial charge is 0.306 e. The van der Waals surface area contributed by atoms with Crippen LogP contribution in [0.25, 0.3) is 0 Å². The second kappa shape index (κ2) is 41.5. The third-order valence-corrected chi connectivity index (χ3v) is 11.9. The van der Waals surface area contributed by atoms with Crippen LogP contribution in [0.2, 0.25) is 0 Å². The molecule has 0 aliphatic carbocycles. The first-order valence-electron chi connectivity index (χ1n) is 25.3. The van der Waals surface area contributed by atoms with Crippen LogP contribution in [0.5, 0.6) is 0 Å². The van der Waals surface area contributed by atoms with Gasteiger partial charge in [0, 0.05) is 12.8 Å². The lowest BCUT2D eigenvalue weighted by molar-refractivity contribution is -0.305. The normalized spacial score (nSPS) is 19.9. The van der Waals surface area contributed by atoms with Crippen molar-refractivity contribution in [2.75, 3.05) is 19.8 Å². The highest BCUT2D eigenvalue weighted by atomic mass is 16.7. The molecule has 4 N–H and O–H groups in total. The van der Waals surface area contributed by atoms with Crippen molar-refractivity contribution < 1.29 is 49.0 Å². The molecule has 6 atom stereocenters. The molecule has 1 rings (SSSR count). The first-order valence-corrected chi connectivity index (χ1v) is 25.3. The van der Waals surface area contributed by atoms with Gasteiger partial charge >= 0.3 is 11.9 Å². The van der Waals surface area contributed by atoms with E-state index in [1.165, 1.54) is 148 Å². The first kappa shape index (κ1) is 56.5. The third-order valence-electron chi connectivity index (χ3n) is 11.9. The van der Waals surface area contributed by atoms with Gasteiger partial charge in [0.1, 0.15) is 31.0 Å². The number of aliphatic hydroxyl groups is 4. The van der Waals surface area contributed by atoms with Crippen molar-refractivity contribution >= 4 is 11.9 Å². The van der Waals surface area contributed by atoms with E-state index in [0.717, 1.165) is 57.8 Å². The number of carbonyl (C=O) groups is 2. The molecule has 1 aliphatic heterocycles. The molecule has 0 aromatic carbocycles. The molecular formula is C50H94O10. The van der Waals surface area contributed by atoms with E-state index in [0.29, 0.717) is 6.42 Å². The maximum absolute atomic E-state index is 12.8. The molecule has 0 bridgehead atoms. The zero-order valence-corrected chi connectivity index (χ0v) is 38.7. The summed E-state index contributed by atoms with van der Waals surface area (Å²) in [6.45, 7) is 3.44. The van der Waals surface area contributed by atoms with E-state index in [1.807, 2.05) is 0 Å². The second-order valence-corrected chi connectivity index (χ2v) is 17.6. The molecule has 0 aromatic rings. The fraction of sp³-hybridized carbons (Fsp3) is 0.920. The molecule has 0 amide bonds. The number of unbranched alkanes of at least 4 members (excludes halogenated alkanes) is 30. The Balaban J connectivity index is 2.23. The van der Waals surface area contributed by atoms with E-state index in [9.17, 15) is 30.0 Å². The zero-order valence-electron chi connectivity index (χ0n) is 38.7. The zero-order chi connectivity index (χ0) is 43.7. The summed E-state index contributed by atoms with van der Waals surface area (Å²) in [4.78, 5) is 25.4. The Morgan fingerprint density at radius 3 is 1.32 bits per heavy atom. The maximum atomic E-state index is 12.8. The van der Waals surface area contributed by atoms with Crippen molar-refractivity contribution in [1.82, 2.24) is 0 Å². The number of esters is 2. The number of allylic oxidation sites excluding steroid dienone is 2. The number of ether oxygens (including phenoxy) is 4. The van der Waals surface area contributed by atoms with E-state index < -0.39 is 49.4 Å². The summed E-state index contributed by atoms with van der Waals surface area (Å²) in [5.74, 6) is -0.803. The Kier molecular flexibility index (Phi) is 39.0. The van der Waals surface area contributed by atoms with Gasteiger partial charge in [-0.2, -0.15) is 0 Å². The molecule has 0 saturated carbocycles. The van der Waals surface area contributed by atoms with Crippen LogP contribution < -0.4 is 0 Å². The van der Waals surface area contributed by atoms with E-state index in [2.05, 4.69) is 26.0 Å². The Morgan fingerprint density at radius 1 is 0.500 bits per heavy atom. The predicted octanol–water partition coefficient (Wildman–Crippen LogP) is 11.5. The van der Waals surface area contributed by atoms with Gasteiger partial charge in [0.25, 0.3) is 0 Å². The van der Waals surface area contributed by atoms with E-state index in [4.69, 9.17) is 18.9 Å². The minimum absolute atomic E-state index is 0.216. The molecular weight excluding hydrogens is 761 g/mol. The number of hydrogen-bond acceptors (Lipinski definition) is 10. The van der Waals surface area contributed by atoms with Crippen molar-refractivity contribution in [3.63, 3.8) is 0 Å². The molecule has 2 unspecified atom stereocenters. The molecule has 1 aliphatic rings. The van der Waals surface area contributed by atoms with Crippen LogP contribution in [0.4, 0.5) is 0 Å². The molecule has 10 heteroatoms. The van der Waals surface area contributed by atoms with Crippen LogP contribution in [-0.4, -0.2) is 89.0 Å². The highest BCUT2D eigenvalue weighted by molar-refractivity contribution is 5.70. The number of hydrogen-bond donors (Lipinski definition) is 4. The molecule has 0 radical (unpaired) electrons. The number of rotatable bonds is 43. The van der Waals surface area contributed by atoms with Crippen molar-refractivity contribution in [3.05, 3.63) is 12.2 Å². The third kappa shape index (κ3) is 32.2. The van der Waals surface area contributed by atoms with Gasteiger partial charge in [0.15, 0.2) is 12.4 Å². The van der Waals surface area contributed by atoms with E-state index in [1.54, 1.807) is 0 Å². The van der Waals surface area contributed by atoms with Crippen molar-refractivity contribution in [2.24, 2.45) is 0 Å².